The Morgan fingerprint density at radius 3 is 2.60 bits per heavy atom. The van der Waals surface area contributed by atoms with Crippen molar-refractivity contribution in [3.63, 3.8) is 0 Å². The van der Waals surface area contributed by atoms with Crippen molar-refractivity contribution in [2.75, 3.05) is 26.2 Å². The number of H-pyrrole nitrogens is 2. The molecule has 8 rings (SSSR count). The van der Waals surface area contributed by atoms with Gasteiger partial charge >= 0.3 is 0 Å². The number of aromatic nitrogens is 5. The van der Waals surface area contributed by atoms with Gasteiger partial charge < -0.3 is 14.5 Å². The fourth-order valence-electron chi connectivity index (χ4n) is 7.42. The van der Waals surface area contributed by atoms with Gasteiger partial charge in [0.05, 0.1) is 18.0 Å². The van der Waals surface area contributed by atoms with Crippen molar-refractivity contribution in [3.05, 3.63) is 83.7 Å². The van der Waals surface area contributed by atoms with Crippen LogP contribution in [0.15, 0.2) is 61.1 Å². The van der Waals surface area contributed by atoms with E-state index in [2.05, 4.69) is 56.3 Å². The summed E-state index contributed by atoms with van der Waals surface area (Å²) in [6.07, 6.45) is 17.3. The number of pyridine rings is 2. The molecule has 3 aliphatic rings. The average molecular weight is 633 g/mol. The highest BCUT2D eigenvalue weighted by Crippen LogP contribution is 2.39. The van der Waals surface area contributed by atoms with Crippen LogP contribution in [0.25, 0.3) is 39.1 Å². The van der Waals surface area contributed by atoms with Crippen LogP contribution in [-0.2, 0) is 6.42 Å². The van der Waals surface area contributed by atoms with Gasteiger partial charge in [-0.1, -0.05) is 19.4 Å². The lowest BCUT2D eigenvalue weighted by atomic mass is 9.86. The molecule has 2 N–H and O–H groups in total. The van der Waals surface area contributed by atoms with Crippen molar-refractivity contribution >= 4 is 16.6 Å². The zero-order chi connectivity index (χ0) is 31.7. The third kappa shape index (κ3) is 6.41. The molecule has 0 bridgehead atoms. The molecule has 0 amide bonds. The molecule has 4 aromatic heterocycles. The van der Waals surface area contributed by atoms with E-state index >= 15 is 0 Å². The minimum absolute atomic E-state index is 0.258. The summed E-state index contributed by atoms with van der Waals surface area (Å²) in [4.78, 5) is 15.2. The molecule has 47 heavy (non-hydrogen) atoms. The van der Waals surface area contributed by atoms with Gasteiger partial charge in [-0.2, -0.15) is 5.10 Å². The topological polar surface area (TPSA) is 92.0 Å². The van der Waals surface area contributed by atoms with E-state index in [1.807, 2.05) is 18.5 Å². The summed E-state index contributed by atoms with van der Waals surface area (Å²) in [5.41, 5.74) is 8.30. The van der Waals surface area contributed by atoms with Gasteiger partial charge in [-0.3, -0.25) is 15.0 Å². The minimum Gasteiger partial charge on any atom is -0.492 e. The Balaban J connectivity index is 1.07. The molecule has 9 heteroatoms. The maximum Gasteiger partial charge on any atom is 0.155 e. The van der Waals surface area contributed by atoms with Crippen LogP contribution in [0.5, 0.6) is 11.5 Å². The summed E-state index contributed by atoms with van der Waals surface area (Å²) >= 11 is 0. The summed E-state index contributed by atoms with van der Waals surface area (Å²) in [7, 11) is 0. The number of hydrogen-bond acceptors (Lipinski definition) is 6. The normalized spacial score (nSPS) is 18.8. The highest BCUT2D eigenvalue weighted by molar-refractivity contribution is 5.94. The van der Waals surface area contributed by atoms with Gasteiger partial charge in [0.1, 0.15) is 29.6 Å². The predicted octanol–water partition coefficient (Wildman–Crippen LogP) is 7.96. The number of likely N-dealkylation sites (tertiary alicyclic amines) is 1. The molecule has 1 saturated carbocycles. The molecule has 1 saturated heterocycles. The molecule has 1 aromatic carbocycles. The molecule has 0 radical (unpaired) electrons. The third-order valence-electron chi connectivity index (χ3n) is 9.80. The van der Waals surface area contributed by atoms with Gasteiger partial charge in [0.15, 0.2) is 5.65 Å². The van der Waals surface area contributed by atoms with Crippen LogP contribution < -0.4 is 9.47 Å². The first kappa shape index (κ1) is 29.9. The van der Waals surface area contributed by atoms with E-state index in [1.54, 1.807) is 12.3 Å². The van der Waals surface area contributed by atoms with Gasteiger partial charge in [-0.25, -0.2) is 9.37 Å². The van der Waals surface area contributed by atoms with Crippen LogP contribution in [0, 0.1) is 11.7 Å². The number of halogens is 1. The number of benzene rings is 1. The predicted molar refractivity (Wildman–Crippen MR) is 182 cm³/mol. The van der Waals surface area contributed by atoms with E-state index in [0.29, 0.717) is 18.0 Å². The van der Waals surface area contributed by atoms with E-state index in [1.165, 1.54) is 38.2 Å². The van der Waals surface area contributed by atoms with Crippen LogP contribution >= 0.6 is 0 Å². The number of aromatic amines is 2. The van der Waals surface area contributed by atoms with Gasteiger partial charge in [0.2, 0.25) is 0 Å². The molecule has 0 spiro atoms. The summed E-state index contributed by atoms with van der Waals surface area (Å²) < 4.78 is 27.3. The van der Waals surface area contributed by atoms with Crippen LogP contribution in [-0.4, -0.2) is 62.4 Å². The van der Waals surface area contributed by atoms with Crippen molar-refractivity contribution in [1.82, 2.24) is 30.0 Å². The number of fused-ring (bicyclic) bond motifs is 2. The highest BCUT2D eigenvalue weighted by Gasteiger charge is 2.24. The smallest absolute Gasteiger partial charge is 0.155 e. The molecule has 242 valence electrons. The zero-order valence-electron chi connectivity index (χ0n) is 26.9. The largest absolute Gasteiger partial charge is 0.492 e. The Labute approximate surface area is 274 Å². The molecule has 5 heterocycles. The summed E-state index contributed by atoms with van der Waals surface area (Å²) in [6.45, 7) is 5.83. The maximum absolute atomic E-state index is 14.9. The Kier molecular flexibility index (Phi) is 8.23. The molecule has 5 aromatic rings. The summed E-state index contributed by atoms with van der Waals surface area (Å²) in [5, 5.41) is 8.71. The highest BCUT2D eigenvalue weighted by atomic mass is 19.1. The maximum atomic E-state index is 14.9. The Bertz CT molecular complexity index is 1920. The second-order valence-electron chi connectivity index (χ2n) is 13.4. The van der Waals surface area contributed by atoms with Crippen LogP contribution in [0.4, 0.5) is 4.39 Å². The van der Waals surface area contributed by atoms with Crippen LogP contribution in [0.3, 0.4) is 0 Å². The zero-order valence-corrected chi connectivity index (χ0v) is 26.9. The standard InChI is InChI=1S/C38H41FN6O2/c1-24-13-32(25-15-28(39)19-30(16-25)46-12-11-45-9-5-6-10-45)33-20-36(42-35(33)14-24)37-34-18-27(22-41-38(34)44-43-37)26-17-31(23-40-21-26)47-29-7-3-2-4-8-29/h13,15-24,29,42H,2-12,14H2,1H3,(H,41,43,44). The van der Waals surface area contributed by atoms with Crippen LogP contribution in [0.1, 0.15) is 68.7 Å². The summed E-state index contributed by atoms with van der Waals surface area (Å²) in [5.74, 6) is 1.35. The van der Waals surface area contributed by atoms with Crippen molar-refractivity contribution < 1.29 is 13.9 Å². The van der Waals surface area contributed by atoms with E-state index in [4.69, 9.17) is 14.5 Å². The SMILES string of the molecule is CC1C=C(c2cc(F)cc(OCCN3CCCC3)c2)c2cc(-c3n[nH]c4ncc(-c5cncc(OC6CCCCC6)c5)cc34)[nH]c2C1. The third-order valence-corrected chi connectivity index (χ3v) is 9.80. The van der Waals surface area contributed by atoms with Crippen molar-refractivity contribution in [1.29, 1.82) is 0 Å². The molecule has 1 aliphatic heterocycles. The van der Waals surface area contributed by atoms with Gasteiger partial charge in [-0.15, -0.1) is 0 Å². The quantitative estimate of drug-likeness (QED) is 0.171. The molecule has 2 fully saturated rings. The number of allylic oxidation sites excluding steroid dienone is 1. The molecular weight excluding hydrogens is 591 g/mol. The summed E-state index contributed by atoms with van der Waals surface area (Å²) in [6, 6.07) is 11.4. The van der Waals surface area contributed by atoms with E-state index in [-0.39, 0.29) is 17.8 Å². The second kappa shape index (κ2) is 13.0. The number of rotatable bonds is 9. The monoisotopic (exact) mass is 632 g/mol. The van der Waals surface area contributed by atoms with Crippen molar-refractivity contribution in [2.45, 2.75) is 64.4 Å². The Morgan fingerprint density at radius 2 is 1.72 bits per heavy atom. The van der Waals surface area contributed by atoms with E-state index in [9.17, 15) is 4.39 Å². The second-order valence-corrected chi connectivity index (χ2v) is 13.4. The number of nitrogens with zero attached hydrogens (tertiary/aromatic N) is 4. The Morgan fingerprint density at radius 1 is 0.894 bits per heavy atom. The fraction of sp³-hybridized carbons (Fsp3) is 0.395. The lowest BCUT2D eigenvalue weighted by molar-refractivity contribution is 0.154. The van der Waals surface area contributed by atoms with Gasteiger partial charge in [0, 0.05) is 52.8 Å². The van der Waals surface area contributed by atoms with Crippen molar-refractivity contribution in [2.24, 2.45) is 5.92 Å². The fourth-order valence-corrected chi connectivity index (χ4v) is 7.42. The number of hydrogen-bond donors (Lipinski definition) is 2. The first-order chi connectivity index (χ1) is 23.1. The molecule has 1 atom stereocenters. The molecule has 8 nitrogen and oxygen atoms in total. The first-order valence-corrected chi connectivity index (χ1v) is 17.1. The minimum atomic E-state index is -0.297. The van der Waals surface area contributed by atoms with Gasteiger partial charge in [0.25, 0.3) is 0 Å². The average Bonchev–Trinajstić information content (AvgIpc) is 3.85. The molecule has 2 aliphatic carbocycles. The van der Waals surface area contributed by atoms with Crippen LogP contribution in [0.2, 0.25) is 0 Å². The first-order valence-electron chi connectivity index (χ1n) is 17.1. The number of ether oxygens (including phenoxy) is 2. The van der Waals surface area contributed by atoms with Crippen molar-refractivity contribution in [3.8, 4) is 34.0 Å². The number of nitrogens with one attached hydrogen (secondary N) is 2. The molecular formula is C38H41FN6O2. The Hall–Kier alpha value is -4.50. The lowest BCUT2D eigenvalue weighted by Gasteiger charge is -2.23. The lowest BCUT2D eigenvalue weighted by Crippen LogP contribution is -2.25. The molecule has 1 unspecified atom stereocenters. The van der Waals surface area contributed by atoms with Gasteiger partial charge in [-0.05, 0) is 105 Å². The van der Waals surface area contributed by atoms with E-state index in [0.717, 1.165) is 94.9 Å². The van der Waals surface area contributed by atoms with E-state index < -0.39 is 0 Å².